The van der Waals surface area contributed by atoms with Crippen molar-refractivity contribution < 1.29 is 5.11 Å². The van der Waals surface area contributed by atoms with Crippen molar-refractivity contribution in [1.82, 2.24) is 0 Å². The molecule has 1 nitrogen and oxygen atoms in total. The minimum absolute atomic E-state index is 0.253. The molecule has 0 aromatic heterocycles. The second kappa shape index (κ2) is 4.95. The van der Waals surface area contributed by atoms with Gasteiger partial charge in [0, 0.05) is 12.5 Å². The summed E-state index contributed by atoms with van der Waals surface area (Å²) in [5.74, 6) is 0.306. The van der Waals surface area contributed by atoms with Crippen LogP contribution < -0.4 is 5.19 Å². The van der Waals surface area contributed by atoms with Crippen LogP contribution in [0.1, 0.15) is 24.8 Å². The van der Waals surface area contributed by atoms with Gasteiger partial charge in [0.05, 0.1) is 8.07 Å². The lowest BCUT2D eigenvalue weighted by molar-refractivity contribution is 0.262. The molecule has 0 aliphatic heterocycles. The summed E-state index contributed by atoms with van der Waals surface area (Å²) >= 11 is 0. The summed E-state index contributed by atoms with van der Waals surface area (Å²) in [6.07, 6.45) is 1.00. The highest BCUT2D eigenvalue weighted by molar-refractivity contribution is 6.88. The van der Waals surface area contributed by atoms with Gasteiger partial charge in [-0.1, -0.05) is 56.0 Å². The maximum absolute atomic E-state index is 9.22. The van der Waals surface area contributed by atoms with Crippen molar-refractivity contribution in [3.63, 3.8) is 0 Å². The Bertz CT molecular complexity index is 293. The van der Waals surface area contributed by atoms with Crippen LogP contribution in [-0.2, 0) is 0 Å². The molecule has 0 bridgehead atoms. The van der Waals surface area contributed by atoms with E-state index >= 15 is 0 Å². The number of hydrogen-bond donors (Lipinski definition) is 1. The Morgan fingerprint density at radius 1 is 1.13 bits per heavy atom. The molecule has 0 radical (unpaired) electrons. The standard InChI is InChI=1S/C13H22OSi/c1-5-11(10-14)12-6-8-13(9-7-12)15(2,3)4/h6-9,11,14H,5,10H2,1-4H3/t11-/m0/s1. The summed E-state index contributed by atoms with van der Waals surface area (Å²) in [6.45, 7) is 9.43. The lowest BCUT2D eigenvalue weighted by Gasteiger charge is -2.18. The zero-order chi connectivity index (χ0) is 11.5. The van der Waals surface area contributed by atoms with E-state index in [0.29, 0.717) is 5.92 Å². The van der Waals surface area contributed by atoms with E-state index in [1.165, 1.54) is 10.8 Å². The highest BCUT2D eigenvalue weighted by atomic mass is 28.3. The fourth-order valence-corrected chi connectivity index (χ4v) is 2.89. The third-order valence-electron chi connectivity index (χ3n) is 2.96. The molecule has 1 aromatic carbocycles. The van der Waals surface area contributed by atoms with Gasteiger partial charge in [-0.05, 0) is 12.0 Å². The predicted octanol–water partition coefficient (Wildman–Crippen LogP) is 2.72. The van der Waals surface area contributed by atoms with Crippen LogP contribution in [0.25, 0.3) is 0 Å². The Hall–Kier alpha value is -0.603. The van der Waals surface area contributed by atoms with Gasteiger partial charge in [-0.15, -0.1) is 0 Å². The summed E-state index contributed by atoms with van der Waals surface area (Å²) in [5.41, 5.74) is 1.27. The first-order valence-corrected chi connectivity index (χ1v) is 9.20. The molecule has 15 heavy (non-hydrogen) atoms. The summed E-state index contributed by atoms with van der Waals surface area (Å²) in [7, 11) is -1.17. The lowest BCUT2D eigenvalue weighted by Crippen LogP contribution is -2.37. The molecule has 0 heterocycles. The van der Waals surface area contributed by atoms with Crippen LogP contribution in [0, 0.1) is 0 Å². The smallest absolute Gasteiger partial charge is 0.0775 e. The second-order valence-electron chi connectivity index (χ2n) is 5.16. The molecular weight excluding hydrogens is 200 g/mol. The van der Waals surface area contributed by atoms with Crippen molar-refractivity contribution in [2.24, 2.45) is 0 Å². The maximum Gasteiger partial charge on any atom is 0.0775 e. The molecule has 0 amide bonds. The Kier molecular flexibility index (Phi) is 4.11. The Balaban J connectivity index is 2.89. The monoisotopic (exact) mass is 222 g/mol. The van der Waals surface area contributed by atoms with Crippen LogP contribution in [0.2, 0.25) is 19.6 Å². The van der Waals surface area contributed by atoms with Crippen LogP contribution in [0.3, 0.4) is 0 Å². The topological polar surface area (TPSA) is 20.2 Å². The first kappa shape index (κ1) is 12.5. The molecule has 0 saturated heterocycles. The van der Waals surface area contributed by atoms with Crippen molar-refractivity contribution in [2.45, 2.75) is 38.9 Å². The van der Waals surface area contributed by atoms with Gasteiger partial charge in [-0.2, -0.15) is 0 Å². The highest BCUT2D eigenvalue weighted by Gasteiger charge is 2.16. The minimum atomic E-state index is -1.17. The van der Waals surface area contributed by atoms with Crippen LogP contribution in [0.5, 0.6) is 0 Å². The van der Waals surface area contributed by atoms with E-state index in [1.807, 2.05) is 0 Å². The van der Waals surface area contributed by atoms with Crippen LogP contribution in [0.15, 0.2) is 24.3 Å². The van der Waals surface area contributed by atoms with Crippen molar-refractivity contribution >= 4 is 13.3 Å². The molecule has 2 heteroatoms. The molecule has 1 atom stereocenters. The van der Waals surface area contributed by atoms with Crippen molar-refractivity contribution in [2.75, 3.05) is 6.61 Å². The van der Waals surface area contributed by atoms with E-state index in [-0.39, 0.29) is 6.61 Å². The Morgan fingerprint density at radius 3 is 2.00 bits per heavy atom. The van der Waals surface area contributed by atoms with Gasteiger partial charge in [0.1, 0.15) is 0 Å². The number of benzene rings is 1. The van der Waals surface area contributed by atoms with Gasteiger partial charge in [-0.25, -0.2) is 0 Å². The largest absolute Gasteiger partial charge is 0.396 e. The van der Waals surface area contributed by atoms with Gasteiger partial charge < -0.3 is 5.11 Å². The average Bonchev–Trinajstić information content (AvgIpc) is 2.19. The predicted molar refractivity (Wildman–Crippen MR) is 69.5 cm³/mol. The van der Waals surface area contributed by atoms with E-state index in [1.54, 1.807) is 0 Å². The first-order valence-electron chi connectivity index (χ1n) is 5.70. The second-order valence-corrected chi connectivity index (χ2v) is 10.2. The molecule has 1 N–H and O–H groups in total. The van der Waals surface area contributed by atoms with Crippen LogP contribution in [0.4, 0.5) is 0 Å². The normalized spacial score (nSPS) is 13.9. The first-order chi connectivity index (χ1) is 6.99. The molecule has 0 aliphatic carbocycles. The average molecular weight is 222 g/mol. The molecular formula is C13H22OSi. The lowest BCUT2D eigenvalue weighted by atomic mass is 9.98. The van der Waals surface area contributed by atoms with Crippen molar-refractivity contribution in [3.8, 4) is 0 Å². The maximum atomic E-state index is 9.22. The fraction of sp³-hybridized carbons (Fsp3) is 0.538. The molecule has 0 fully saturated rings. The zero-order valence-corrected chi connectivity index (χ0v) is 11.2. The summed E-state index contributed by atoms with van der Waals surface area (Å²) in [6, 6.07) is 8.83. The summed E-state index contributed by atoms with van der Waals surface area (Å²) in [5, 5.41) is 10.7. The van der Waals surface area contributed by atoms with E-state index in [2.05, 4.69) is 50.8 Å². The summed E-state index contributed by atoms with van der Waals surface area (Å²) in [4.78, 5) is 0. The number of rotatable bonds is 4. The van der Waals surface area contributed by atoms with Crippen molar-refractivity contribution in [3.05, 3.63) is 29.8 Å². The molecule has 1 aromatic rings. The molecule has 84 valence electrons. The van der Waals surface area contributed by atoms with Gasteiger partial charge in [-0.3, -0.25) is 0 Å². The van der Waals surface area contributed by atoms with Gasteiger partial charge in [0.25, 0.3) is 0 Å². The van der Waals surface area contributed by atoms with Crippen LogP contribution >= 0.6 is 0 Å². The molecule has 0 unspecified atom stereocenters. The summed E-state index contributed by atoms with van der Waals surface area (Å²) < 4.78 is 0. The molecule has 0 saturated carbocycles. The minimum Gasteiger partial charge on any atom is -0.396 e. The third-order valence-corrected chi connectivity index (χ3v) is 5.03. The number of aliphatic hydroxyl groups excluding tert-OH is 1. The Labute approximate surface area is 94.2 Å². The van der Waals surface area contributed by atoms with Gasteiger partial charge in [0.2, 0.25) is 0 Å². The van der Waals surface area contributed by atoms with Gasteiger partial charge >= 0.3 is 0 Å². The van der Waals surface area contributed by atoms with E-state index in [9.17, 15) is 5.11 Å². The molecule has 0 aliphatic rings. The molecule has 0 spiro atoms. The third kappa shape index (κ3) is 3.18. The number of aliphatic hydroxyl groups is 1. The van der Waals surface area contributed by atoms with E-state index < -0.39 is 8.07 Å². The highest BCUT2D eigenvalue weighted by Crippen LogP contribution is 2.18. The molecule has 1 rings (SSSR count). The quantitative estimate of drug-likeness (QED) is 0.777. The van der Waals surface area contributed by atoms with Crippen molar-refractivity contribution in [1.29, 1.82) is 0 Å². The van der Waals surface area contributed by atoms with Crippen LogP contribution in [-0.4, -0.2) is 19.8 Å². The zero-order valence-electron chi connectivity index (χ0n) is 10.2. The number of hydrogen-bond acceptors (Lipinski definition) is 1. The SMILES string of the molecule is CC[C@@H](CO)c1ccc([Si](C)(C)C)cc1. The van der Waals surface area contributed by atoms with Gasteiger partial charge in [0.15, 0.2) is 0 Å². The van der Waals surface area contributed by atoms with E-state index in [4.69, 9.17) is 0 Å². The van der Waals surface area contributed by atoms with E-state index in [0.717, 1.165) is 6.42 Å². The fourth-order valence-electron chi connectivity index (χ4n) is 1.73. The Morgan fingerprint density at radius 2 is 1.67 bits per heavy atom.